The fourth-order valence-corrected chi connectivity index (χ4v) is 4.30. The molecule has 1 amide bonds. The number of para-hydroxylation sites is 1. The molecule has 0 aliphatic carbocycles. The van der Waals surface area contributed by atoms with Crippen LogP contribution < -0.4 is 16.0 Å². The van der Waals surface area contributed by atoms with E-state index in [0.717, 1.165) is 31.5 Å². The molecular weight excluding hydrogens is 454 g/mol. The van der Waals surface area contributed by atoms with E-state index in [1.165, 1.54) is 19.5 Å². The number of carbonyl (C=O) groups excluding carboxylic acids is 2. The second-order valence-corrected chi connectivity index (χ2v) is 8.46. The predicted octanol–water partition coefficient (Wildman–Crippen LogP) is 4.32. The molecule has 1 saturated heterocycles. The fraction of sp³-hybridized carbons (Fsp3) is 0.280. The van der Waals surface area contributed by atoms with Crippen LogP contribution in [0, 0.1) is 5.92 Å². The molecule has 176 valence electrons. The summed E-state index contributed by atoms with van der Waals surface area (Å²) in [5, 5.41) is 10.2. The van der Waals surface area contributed by atoms with Gasteiger partial charge in [0.25, 0.3) is 5.91 Å². The SMILES string of the molecule is COC(=O)c1cnccc1C(Nc1ccccc1C(=O)Nc1ccc(Cl)cn1)C1CCNCC1. The van der Waals surface area contributed by atoms with Crippen LogP contribution in [-0.4, -0.2) is 42.0 Å². The van der Waals surface area contributed by atoms with Crippen molar-refractivity contribution in [2.45, 2.75) is 18.9 Å². The van der Waals surface area contributed by atoms with Crippen LogP contribution in [-0.2, 0) is 4.74 Å². The van der Waals surface area contributed by atoms with E-state index >= 15 is 0 Å². The van der Waals surface area contributed by atoms with Gasteiger partial charge in [-0.2, -0.15) is 0 Å². The monoisotopic (exact) mass is 479 g/mol. The minimum Gasteiger partial charge on any atom is -0.465 e. The number of halogens is 1. The minimum absolute atomic E-state index is 0.221. The molecule has 1 unspecified atom stereocenters. The summed E-state index contributed by atoms with van der Waals surface area (Å²) in [7, 11) is 1.36. The number of ether oxygens (including phenoxy) is 1. The van der Waals surface area contributed by atoms with Crippen LogP contribution in [0.5, 0.6) is 0 Å². The van der Waals surface area contributed by atoms with E-state index in [-0.39, 0.29) is 17.9 Å². The Morgan fingerprint density at radius 1 is 1.09 bits per heavy atom. The lowest BCUT2D eigenvalue weighted by Crippen LogP contribution is -2.34. The average Bonchev–Trinajstić information content (AvgIpc) is 2.89. The first-order chi connectivity index (χ1) is 16.6. The number of methoxy groups -OCH3 is 1. The van der Waals surface area contributed by atoms with E-state index in [9.17, 15) is 9.59 Å². The number of carbonyl (C=O) groups is 2. The fourth-order valence-electron chi connectivity index (χ4n) is 4.19. The van der Waals surface area contributed by atoms with E-state index in [1.54, 1.807) is 30.5 Å². The lowest BCUT2D eigenvalue weighted by Gasteiger charge is -2.33. The molecule has 1 aliphatic rings. The normalized spacial score (nSPS) is 14.8. The van der Waals surface area contributed by atoms with Crippen LogP contribution in [0.25, 0.3) is 0 Å². The molecule has 0 spiro atoms. The summed E-state index contributed by atoms with van der Waals surface area (Å²) in [4.78, 5) is 33.9. The summed E-state index contributed by atoms with van der Waals surface area (Å²) < 4.78 is 5.00. The van der Waals surface area contributed by atoms with Gasteiger partial charge in [0.05, 0.1) is 29.3 Å². The maximum Gasteiger partial charge on any atom is 0.339 e. The van der Waals surface area contributed by atoms with Crippen LogP contribution in [0.3, 0.4) is 0 Å². The summed E-state index contributed by atoms with van der Waals surface area (Å²) in [6, 6.07) is 12.2. The summed E-state index contributed by atoms with van der Waals surface area (Å²) in [5.41, 5.74) is 2.33. The van der Waals surface area contributed by atoms with Gasteiger partial charge < -0.3 is 20.7 Å². The molecule has 2 aromatic heterocycles. The van der Waals surface area contributed by atoms with Gasteiger partial charge in [-0.3, -0.25) is 9.78 Å². The molecule has 8 nitrogen and oxygen atoms in total. The maximum absolute atomic E-state index is 13.1. The zero-order valence-corrected chi connectivity index (χ0v) is 19.5. The first-order valence-corrected chi connectivity index (χ1v) is 11.5. The third kappa shape index (κ3) is 5.52. The van der Waals surface area contributed by atoms with Crippen molar-refractivity contribution in [3.8, 4) is 0 Å². The van der Waals surface area contributed by atoms with Gasteiger partial charge in [-0.15, -0.1) is 0 Å². The number of rotatable bonds is 7. The highest BCUT2D eigenvalue weighted by Crippen LogP contribution is 2.35. The number of esters is 1. The van der Waals surface area contributed by atoms with E-state index in [0.29, 0.717) is 27.7 Å². The largest absolute Gasteiger partial charge is 0.465 e. The van der Waals surface area contributed by atoms with Crippen LogP contribution in [0.4, 0.5) is 11.5 Å². The van der Waals surface area contributed by atoms with Crippen LogP contribution in [0.15, 0.2) is 61.1 Å². The summed E-state index contributed by atoms with van der Waals surface area (Å²) in [6.07, 6.45) is 6.52. The van der Waals surface area contributed by atoms with E-state index in [1.807, 2.05) is 18.2 Å². The van der Waals surface area contributed by atoms with Crippen LogP contribution in [0.2, 0.25) is 5.02 Å². The van der Waals surface area contributed by atoms with Crippen molar-refractivity contribution in [1.82, 2.24) is 15.3 Å². The number of amides is 1. The number of hydrogen-bond acceptors (Lipinski definition) is 7. The molecular formula is C25H26ClN5O3. The van der Waals surface area contributed by atoms with Gasteiger partial charge in [-0.05, 0) is 67.7 Å². The van der Waals surface area contributed by atoms with Crippen molar-refractivity contribution < 1.29 is 14.3 Å². The Balaban J connectivity index is 1.67. The molecule has 3 N–H and O–H groups in total. The standard InChI is InChI=1S/C25H26ClN5O3/c1-34-25(33)20-15-28-13-10-18(20)23(16-8-11-27-12-9-16)30-21-5-3-2-4-19(21)24(32)31-22-7-6-17(26)14-29-22/h2-7,10,13-16,23,27,30H,8-9,11-12H2,1H3,(H,29,31,32). The Bertz CT molecular complexity index is 1150. The number of pyridine rings is 2. The minimum atomic E-state index is -0.441. The number of hydrogen-bond donors (Lipinski definition) is 3. The smallest absolute Gasteiger partial charge is 0.339 e. The maximum atomic E-state index is 13.1. The topological polar surface area (TPSA) is 105 Å². The molecule has 0 radical (unpaired) electrons. The number of aromatic nitrogens is 2. The predicted molar refractivity (Wildman–Crippen MR) is 131 cm³/mol. The zero-order valence-electron chi connectivity index (χ0n) is 18.8. The van der Waals surface area contributed by atoms with Crippen LogP contribution in [0.1, 0.15) is 45.2 Å². The Morgan fingerprint density at radius 3 is 2.62 bits per heavy atom. The van der Waals surface area contributed by atoms with Gasteiger partial charge in [0, 0.05) is 24.3 Å². The van der Waals surface area contributed by atoms with Gasteiger partial charge in [-0.1, -0.05) is 23.7 Å². The van der Waals surface area contributed by atoms with Gasteiger partial charge in [0.15, 0.2) is 0 Å². The third-order valence-corrected chi connectivity index (χ3v) is 6.13. The molecule has 1 fully saturated rings. The van der Waals surface area contributed by atoms with Gasteiger partial charge >= 0.3 is 5.97 Å². The number of anilines is 2. The Labute approximate surface area is 203 Å². The number of piperidine rings is 1. The Morgan fingerprint density at radius 2 is 1.88 bits per heavy atom. The van der Waals surface area contributed by atoms with Crippen molar-refractivity contribution in [1.29, 1.82) is 0 Å². The highest BCUT2D eigenvalue weighted by atomic mass is 35.5. The molecule has 1 aliphatic heterocycles. The van der Waals surface area contributed by atoms with Crippen molar-refractivity contribution in [3.05, 3.63) is 82.8 Å². The molecule has 34 heavy (non-hydrogen) atoms. The Hall–Kier alpha value is -3.49. The zero-order chi connectivity index (χ0) is 23.9. The summed E-state index contributed by atoms with van der Waals surface area (Å²) >= 11 is 5.90. The van der Waals surface area contributed by atoms with Gasteiger partial charge in [0.1, 0.15) is 5.82 Å². The van der Waals surface area contributed by atoms with Crippen molar-refractivity contribution in [2.75, 3.05) is 30.8 Å². The molecule has 3 heterocycles. The number of nitrogens with one attached hydrogen (secondary N) is 3. The highest BCUT2D eigenvalue weighted by molar-refractivity contribution is 6.30. The van der Waals surface area contributed by atoms with Crippen molar-refractivity contribution in [3.63, 3.8) is 0 Å². The molecule has 1 atom stereocenters. The number of nitrogens with zero attached hydrogens (tertiary/aromatic N) is 2. The Kier molecular flexibility index (Phi) is 7.72. The lowest BCUT2D eigenvalue weighted by molar-refractivity contribution is 0.0597. The van der Waals surface area contributed by atoms with Gasteiger partial charge in [0.2, 0.25) is 0 Å². The second-order valence-electron chi connectivity index (χ2n) is 8.03. The second kappa shape index (κ2) is 11.1. The van der Waals surface area contributed by atoms with Crippen molar-refractivity contribution >= 4 is 35.0 Å². The third-order valence-electron chi connectivity index (χ3n) is 5.90. The first kappa shape index (κ1) is 23.7. The lowest BCUT2D eigenvalue weighted by atomic mass is 9.84. The van der Waals surface area contributed by atoms with E-state index in [2.05, 4.69) is 25.9 Å². The van der Waals surface area contributed by atoms with E-state index < -0.39 is 5.97 Å². The molecule has 9 heteroatoms. The van der Waals surface area contributed by atoms with Gasteiger partial charge in [-0.25, -0.2) is 9.78 Å². The summed E-state index contributed by atoms with van der Waals surface area (Å²) in [6.45, 7) is 1.76. The van der Waals surface area contributed by atoms with Crippen LogP contribution >= 0.6 is 11.6 Å². The molecule has 0 saturated carbocycles. The first-order valence-electron chi connectivity index (χ1n) is 11.1. The molecule has 4 rings (SSSR count). The highest BCUT2D eigenvalue weighted by Gasteiger charge is 2.29. The number of benzene rings is 1. The average molecular weight is 480 g/mol. The quantitative estimate of drug-likeness (QED) is 0.433. The summed E-state index contributed by atoms with van der Waals surface area (Å²) in [5.74, 6) is -0.101. The molecule has 1 aromatic carbocycles. The molecule has 3 aromatic rings. The van der Waals surface area contributed by atoms with E-state index in [4.69, 9.17) is 16.3 Å². The van der Waals surface area contributed by atoms with Crippen molar-refractivity contribution in [2.24, 2.45) is 5.92 Å². The molecule has 0 bridgehead atoms.